The summed E-state index contributed by atoms with van der Waals surface area (Å²) in [6.07, 6.45) is 0. The van der Waals surface area contributed by atoms with Gasteiger partial charge in [0.15, 0.2) is 5.16 Å². The van der Waals surface area contributed by atoms with Crippen LogP contribution < -0.4 is 5.73 Å². The molecule has 2 rings (SSSR count). The molecule has 0 spiro atoms. The monoisotopic (exact) mass is 337 g/mol. The molecule has 0 amide bonds. The van der Waals surface area contributed by atoms with Crippen molar-refractivity contribution in [1.82, 2.24) is 9.97 Å². The Hall–Kier alpha value is -0.910. The average molecular weight is 338 g/mol. The third-order valence-corrected chi connectivity index (χ3v) is 4.52. The van der Waals surface area contributed by atoms with Gasteiger partial charge in [0.2, 0.25) is 0 Å². The summed E-state index contributed by atoms with van der Waals surface area (Å²) < 4.78 is 1.03. The Morgan fingerprint density at radius 1 is 1.16 bits per heavy atom. The van der Waals surface area contributed by atoms with Crippen LogP contribution in [0.1, 0.15) is 22.5 Å². The highest BCUT2D eigenvalue weighted by Gasteiger charge is 2.09. The van der Waals surface area contributed by atoms with Crippen LogP contribution in [0.4, 0.5) is 0 Å². The normalized spacial score (nSPS) is 10.8. The summed E-state index contributed by atoms with van der Waals surface area (Å²) in [5, 5.41) is 0.772. The summed E-state index contributed by atoms with van der Waals surface area (Å²) in [5.74, 6) is 0. The third kappa shape index (κ3) is 3.35. The topological polar surface area (TPSA) is 51.8 Å². The molecular formula is C14H16BrN3S. The smallest absolute Gasteiger partial charge is 0.192 e. The van der Waals surface area contributed by atoms with E-state index >= 15 is 0 Å². The highest BCUT2D eigenvalue weighted by Crippen LogP contribution is 2.31. The zero-order chi connectivity index (χ0) is 14.0. The molecule has 0 aliphatic heterocycles. The number of halogens is 1. The molecule has 0 saturated heterocycles. The molecule has 100 valence electrons. The van der Waals surface area contributed by atoms with Crippen molar-refractivity contribution >= 4 is 27.7 Å². The molecule has 0 bridgehead atoms. The van der Waals surface area contributed by atoms with Gasteiger partial charge in [0.1, 0.15) is 0 Å². The fourth-order valence-electron chi connectivity index (χ4n) is 1.68. The van der Waals surface area contributed by atoms with E-state index in [1.54, 1.807) is 11.8 Å². The van der Waals surface area contributed by atoms with Crippen LogP contribution in [0.2, 0.25) is 0 Å². The first kappa shape index (κ1) is 14.5. The molecule has 3 nitrogen and oxygen atoms in total. The second-order valence-electron chi connectivity index (χ2n) is 4.36. The van der Waals surface area contributed by atoms with Crippen molar-refractivity contribution in [2.24, 2.45) is 5.73 Å². The molecule has 5 heteroatoms. The van der Waals surface area contributed by atoms with E-state index in [0.717, 1.165) is 37.0 Å². The van der Waals surface area contributed by atoms with E-state index in [4.69, 9.17) is 5.73 Å². The van der Waals surface area contributed by atoms with Crippen molar-refractivity contribution in [3.8, 4) is 0 Å². The third-order valence-electron chi connectivity index (χ3n) is 3.06. The number of benzene rings is 1. The molecule has 1 aromatic heterocycles. The lowest BCUT2D eigenvalue weighted by Crippen LogP contribution is -2.00. The summed E-state index contributed by atoms with van der Waals surface area (Å²) in [6.45, 7) is 6.58. The fourth-order valence-corrected chi connectivity index (χ4v) is 3.22. The van der Waals surface area contributed by atoms with Crippen molar-refractivity contribution < 1.29 is 0 Å². The Morgan fingerprint density at radius 2 is 1.79 bits per heavy atom. The second kappa shape index (κ2) is 6.03. The number of aryl methyl sites for hydroxylation is 2. The number of nitrogens with zero attached hydrogens (tertiary/aromatic N) is 2. The highest BCUT2D eigenvalue weighted by atomic mass is 79.9. The maximum Gasteiger partial charge on any atom is 0.192 e. The summed E-state index contributed by atoms with van der Waals surface area (Å²) in [4.78, 5) is 10.2. The van der Waals surface area contributed by atoms with Gasteiger partial charge in [0, 0.05) is 27.3 Å². The second-order valence-corrected chi connectivity index (χ2v) is 6.29. The number of rotatable bonds is 3. The molecule has 0 radical (unpaired) electrons. The molecule has 0 aliphatic carbocycles. The molecule has 0 unspecified atom stereocenters. The van der Waals surface area contributed by atoms with Gasteiger partial charge in [0.25, 0.3) is 0 Å². The van der Waals surface area contributed by atoms with Gasteiger partial charge in [-0.05, 0) is 55.8 Å². The SMILES string of the molecule is Cc1nc(Sc2cc(Br)ccc2CN)nc(C)c1C. The number of hydrogen-bond donors (Lipinski definition) is 1. The van der Waals surface area contributed by atoms with Gasteiger partial charge in [-0.1, -0.05) is 22.0 Å². The van der Waals surface area contributed by atoms with Crippen molar-refractivity contribution in [3.63, 3.8) is 0 Å². The summed E-state index contributed by atoms with van der Waals surface area (Å²) in [5.41, 5.74) is 10.1. The van der Waals surface area contributed by atoms with Crippen molar-refractivity contribution in [3.05, 3.63) is 45.2 Å². The van der Waals surface area contributed by atoms with Gasteiger partial charge in [-0.15, -0.1) is 0 Å². The summed E-state index contributed by atoms with van der Waals surface area (Å²) >= 11 is 5.04. The van der Waals surface area contributed by atoms with E-state index in [-0.39, 0.29) is 0 Å². The van der Waals surface area contributed by atoms with Crippen LogP contribution in [0.25, 0.3) is 0 Å². The molecule has 0 aliphatic rings. The van der Waals surface area contributed by atoms with Gasteiger partial charge in [0.05, 0.1) is 0 Å². The number of aromatic nitrogens is 2. The lowest BCUT2D eigenvalue weighted by Gasteiger charge is -2.09. The van der Waals surface area contributed by atoms with E-state index in [1.807, 2.05) is 32.9 Å². The molecule has 2 aromatic rings. The van der Waals surface area contributed by atoms with Crippen molar-refractivity contribution in [2.75, 3.05) is 0 Å². The Morgan fingerprint density at radius 3 is 2.37 bits per heavy atom. The average Bonchev–Trinajstić information content (AvgIpc) is 2.36. The first-order chi connectivity index (χ1) is 9.01. The maximum atomic E-state index is 5.77. The molecule has 0 atom stereocenters. The van der Waals surface area contributed by atoms with E-state index in [1.165, 1.54) is 0 Å². The van der Waals surface area contributed by atoms with Crippen molar-refractivity contribution in [2.45, 2.75) is 37.4 Å². The van der Waals surface area contributed by atoms with Crippen LogP contribution >= 0.6 is 27.7 Å². The van der Waals surface area contributed by atoms with E-state index in [0.29, 0.717) is 6.54 Å². The number of hydrogen-bond acceptors (Lipinski definition) is 4. The van der Waals surface area contributed by atoms with Gasteiger partial charge in [-0.3, -0.25) is 0 Å². The minimum absolute atomic E-state index is 0.513. The Bertz CT molecular complexity index is 591. The quantitative estimate of drug-likeness (QED) is 0.866. The maximum absolute atomic E-state index is 5.77. The van der Waals surface area contributed by atoms with E-state index < -0.39 is 0 Å². The van der Waals surface area contributed by atoms with Gasteiger partial charge >= 0.3 is 0 Å². The highest BCUT2D eigenvalue weighted by molar-refractivity contribution is 9.10. The molecule has 2 N–H and O–H groups in total. The standard InChI is InChI=1S/C14H16BrN3S/c1-8-9(2)17-14(18-10(8)3)19-13-6-12(15)5-4-11(13)7-16/h4-6H,7,16H2,1-3H3. The van der Waals surface area contributed by atoms with Crippen LogP contribution in [0, 0.1) is 20.8 Å². The summed E-state index contributed by atoms with van der Waals surface area (Å²) in [6, 6.07) is 6.08. The van der Waals surface area contributed by atoms with Crippen molar-refractivity contribution in [1.29, 1.82) is 0 Å². The predicted octanol–water partition coefficient (Wildman–Crippen LogP) is 3.77. The molecule has 19 heavy (non-hydrogen) atoms. The largest absolute Gasteiger partial charge is 0.326 e. The van der Waals surface area contributed by atoms with E-state index in [9.17, 15) is 0 Å². The molecule has 1 aromatic carbocycles. The molecule has 0 fully saturated rings. The molecular weight excluding hydrogens is 322 g/mol. The van der Waals surface area contributed by atoms with Gasteiger partial charge in [-0.25, -0.2) is 9.97 Å². The zero-order valence-electron chi connectivity index (χ0n) is 11.2. The predicted molar refractivity (Wildman–Crippen MR) is 82.4 cm³/mol. The minimum atomic E-state index is 0.513. The zero-order valence-corrected chi connectivity index (χ0v) is 13.6. The minimum Gasteiger partial charge on any atom is -0.326 e. The Labute approximate surface area is 126 Å². The first-order valence-corrected chi connectivity index (χ1v) is 7.60. The van der Waals surface area contributed by atoms with Gasteiger partial charge in [-0.2, -0.15) is 0 Å². The Balaban J connectivity index is 2.38. The lowest BCUT2D eigenvalue weighted by molar-refractivity contribution is 0.879. The molecule has 0 saturated carbocycles. The van der Waals surface area contributed by atoms with E-state index in [2.05, 4.69) is 32.0 Å². The van der Waals surface area contributed by atoms with Gasteiger partial charge < -0.3 is 5.73 Å². The van der Waals surface area contributed by atoms with Crippen LogP contribution in [-0.4, -0.2) is 9.97 Å². The van der Waals surface area contributed by atoms with Crippen LogP contribution in [0.3, 0.4) is 0 Å². The number of nitrogens with two attached hydrogens (primary N) is 1. The van der Waals surface area contributed by atoms with Crippen LogP contribution in [0.5, 0.6) is 0 Å². The lowest BCUT2D eigenvalue weighted by atomic mass is 10.2. The Kier molecular flexibility index (Phi) is 4.60. The fraction of sp³-hybridized carbons (Fsp3) is 0.286. The summed E-state index contributed by atoms with van der Waals surface area (Å²) in [7, 11) is 0. The molecule has 1 heterocycles. The van der Waals surface area contributed by atoms with Crippen LogP contribution in [-0.2, 0) is 6.54 Å². The van der Waals surface area contributed by atoms with Crippen LogP contribution in [0.15, 0.2) is 32.7 Å². The first-order valence-electron chi connectivity index (χ1n) is 5.99.